The van der Waals surface area contributed by atoms with Crippen molar-refractivity contribution in [3.8, 4) is 11.1 Å². The van der Waals surface area contributed by atoms with Gasteiger partial charge in [-0.3, -0.25) is 9.59 Å². The molecule has 3 N–H and O–H groups in total. The van der Waals surface area contributed by atoms with Gasteiger partial charge in [-0.1, -0.05) is 62.4 Å². The lowest BCUT2D eigenvalue weighted by Gasteiger charge is -2.19. The molecule has 0 radical (unpaired) electrons. The fourth-order valence-electron chi connectivity index (χ4n) is 3.95. The van der Waals surface area contributed by atoms with Crippen LogP contribution in [0, 0.1) is 5.92 Å². The number of alkyl carbamates (subject to hydrolysis) is 1. The summed E-state index contributed by atoms with van der Waals surface area (Å²) >= 11 is 0. The van der Waals surface area contributed by atoms with Crippen molar-refractivity contribution in [1.82, 2.24) is 10.6 Å². The highest BCUT2D eigenvalue weighted by molar-refractivity contribution is 5.79. The molecule has 2 aromatic rings. The number of fused-ring (bicyclic) bond motifs is 3. The van der Waals surface area contributed by atoms with Gasteiger partial charge < -0.3 is 20.5 Å². The molecule has 1 aliphatic rings. The fourth-order valence-corrected chi connectivity index (χ4v) is 3.95. The molecule has 0 aromatic heterocycles. The summed E-state index contributed by atoms with van der Waals surface area (Å²) in [6.07, 6.45) is 0.495. The first kappa shape index (κ1) is 23.3. The number of aliphatic carboxylic acids is 1. The zero-order valence-electron chi connectivity index (χ0n) is 18.5. The number of amides is 2. The maximum atomic E-state index is 12.4. The first-order chi connectivity index (χ1) is 15.4. The van der Waals surface area contributed by atoms with Gasteiger partial charge in [0.1, 0.15) is 6.61 Å². The third kappa shape index (κ3) is 5.66. The number of nitrogens with one attached hydrogen (secondary N) is 2. The Hall–Kier alpha value is -3.35. The topological polar surface area (TPSA) is 105 Å². The Morgan fingerprint density at radius 1 is 1.03 bits per heavy atom. The molecule has 7 heteroatoms. The molecule has 0 saturated carbocycles. The summed E-state index contributed by atoms with van der Waals surface area (Å²) in [5.74, 6) is -1.65. The molecule has 0 spiro atoms. The van der Waals surface area contributed by atoms with Gasteiger partial charge in [-0.25, -0.2) is 4.79 Å². The van der Waals surface area contributed by atoms with E-state index in [-0.39, 0.29) is 37.4 Å². The van der Waals surface area contributed by atoms with Crippen LogP contribution >= 0.6 is 0 Å². The summed E-state index contributed by atoms with van der Waals surface area (Å²) in [6.45, 7) is 3.99. The molecule has 0 bridgehead atoms. The van der Waals surface area contributed by atoms with Gasteiger partial charge in [0.25, 0.3) is 0 Å². The summed E-state index contributed by atoms with van der Waals surface area (Å²) < 4.78 is 5.55. The van der Waals surface area contributed by atoms with Crippen LogP contribution in [0.2, 0.25) is 0 Å². The highest BCUT2D eigenvalue weighted by Gasteiger charge is 2.29. The van der Waals surface area contributed by atoms with Crippen LogP contribution in [-0.2, 0) is 14.3 Å². The monoisotopic (exact) mass is 438 g/mol. The molecule has 170 valence electrons. The van der Waals surface area contributed by atoms with Crippen molar-refractivity contribution in [1.29, 1.82) is 0 Å². The molecule has 1 aliphatic carbocycles. The Bertz CT molecular complexity index is 929. The highest BCUT2D eigenvalue weighted by atomic mass is 16.5. The number of carbonyl (C=O) groups is 3. The van der Waals surface area contributed by atoms with Gasteiger partial charge >= 0.3 is 12.1 Å². The van der Waals surface area contributed by atoms with Gasteiger partial charge in [0, 0.05) is 24.9 Å². The van der Waals surface area contributed by atoms with Gasteiger partial charge in [0.2, 0.25) is 5.91 Å². The zero-order chi connectivity index (χ0) is 23.1. The molecule has 0 heterocycles. The SMILES string of the molecule is CC[C@@H](CC(=O)NCCC(C)C(=O)O)NC(=O)OCC1c2ccccc2-c2ccccc21. The average molecular weight is 439 g/mol. The van der Waals surface area contributed by atoms with Crippen LogP contribution in [0.3, 0.4) is 0 Å². The standard InChI is InChI=1S/C25H30N2O5/c1-3-17(14-23(28)26-13-12-16(2)24(29)30)27-25(31)32-15-22-20-10-6-4-8-18(20)19-9-5-7-11-21(19)22/h4-11,16-17,22H,3,12-15H2,1-2H3,(H,26,28)(H,27,31)(H,29,30)/t16?,17-/m0/s1. The second-order valence-corrected chi connectivity index (χ2v) is 8.16. The molecular formula is C25H30N2O5. The first-order valence-corrected chi connectivity index (χ1v) is 11.0. The average Bonchev–Trinajstić information content (AvgIpc) is 3.10. The summed E-state index contributed by atoms with van der Waals surface area (Å²) in [4.78, 5) is 35.4. The number of benzene rings is 2. The van der Waals surface area contributed by atoms with Gasteiger partial charge in [-0.05, 0) is 35.1 Å². The minimum Gasteiger partial charge on any atom is -0.481 e. The number of carbonyl (C=O) groups excluding carboxylic acids is 2. The van der Waals surface area contributed by atoms with Crippen LogP contribution in [0.25, 0.3) is 11.1 Å². The predicted octanol–water partition coefficient (Wildman–Crippen LogP) is 3.92. The molecule has 7 nitrogen and oxygen atoms in total. The summed E-state index contributed by atoms with van der Waals surface area (Å²) in [5, 5.41) is 14.4. The van der Waals surface area contributed by atoms with Crippen molar-refractivity contribution in [3.05, 3.63) is 59.7 Å². The Balaban J connectivity index is 1.50. The Labute approximate surface area is 188 Å². The van der Waals surface area contributed by atoms with Crippen LogP contribution < -0.4 is 10.6 Å². The number of hydrogen-bond donors (Lipinski definition) is 3. The second kappa shape index (κ2) is 10.8. The molecule has 32 heavy (non-hydrogen) atoms. The van der Waals surface area contributed by atoms with E-state index in [1.807, 2.05) is 31.2 Å². The van der Waals surface area contributed by atoms with E-state index >= 15 is 0 Å². The van der Waals surface area contributed by atoms with Crippen molar-refractivity contribution in [2.75, 3.05) is 13.2 Å². The van der Waals surface area contributed by atoms with E-state index in [4.69, 9.17) is 9.84 Å². The van der Waals surface area contributed by atoms with Crippen molar-refractivity contribution in [2.45, 2.75) is 45.1 Å². The van der Waals surface area contributed by atoms with E-state index in [0.717, 1.165) is 22.3 Å². The first-order valence-electron chi connectivity index (χ1n) is 11.0. The molecule has 2 atom stereocenters. The molecule has 2 amide bonds. The lowest BCUT2D eigenvalue weighted by molar-refractivity contribution is -0.141. The number of carboxylic acids is 1. The zero-order valence-corrected chi connectivity index (χ0v) is 18.5. The fraction of sp³-hybridized carbons (Fsp3) is 0.400. The van der Waals surface area contributed by atoms with Crippen molar-refractivity contribution < 1.29 is 24.2 Å². The smallest absolute Gasteiger partial charge is 0.407 e. The third-order valence-electron chi connectivity index (χ3n) is 5.91. The lowest BCUT2D eigenvalue weighted by Crippen LogP contribution is -2.39. The molecule has 3 rings (SSSR count). The Morgan fingerprint density at radius 2 is 1.62 bits per heavy atom. The van der Waals surface area contributed by atoms with Crippen molar-refractivity contribution >= 4 is 18.0 Å². The van der Waals surface area contributed by atoms with Crippen LogP contribution in [0.5, 0.6) is 0 Å². The van der Waals surface area contributed by atoms with Gasteiger partial charge in [0.15, 0.2) is 0 Å². The maximum Gasteiger partial charge on any atom is 0.407 e. The molecule has 2 aromatic carbocycles. The Kier molecular flexibility index (Phi) is 7.87. The van der Waals surface area contributed by atoms with Gasteiger partial charge in [-0.15, -0.1) is 0 Å². The summed E-state index contributed by atoms with van der Waals surface area (Å²) in [7, 11) is 0. The number of ether oxygens (including phenoxy) is 1. The van der Waals surface area contributed by atoms with Crippen molar-refractivity contribution in [2.24, 2.45) is 5.92 Å². The minimum absolute atomic E-state index is 0.0206. The Morgan fingerprint density at radius 3 is 2.19 bits per heavy atom. The predicted molar refractivity (Wildman–Crippen MR) is 121 cm³/mol. The van der Waals surface area contributed by atoms with Gasteiger partial charge in [0.05, 0.1) is 5.92 Å². The van der Waals surface area contributed by atoms with Crippen LogP contribution in [0.4, 0.5) is 4.79 Å². The van der Waals surface area contributed by atoms with Crippen LogP contribution in [0.15, 0.2) is 48.5 Å². The van der Waals surface area contributed by atoms with Gasteiger partial charge in [-0.2, -0.15) is 0 Å². The van der Waals surface area contributed by atoms with E-state index in [9.17, 15) is 14.4 Å². The quantitative estimate of drug-likeness (QED) is 0.521. The van der Waals surface area contributed by atoms with Crippen LogP contribution in [-0.4, -0.2) is 42.3 Å². The molecule has 0 aliphatic heterocycles. The molecule has 0 fully saturated rings. The molecule has 0 saturated heterocycles. The van der Waals surface area contributed by atoms with Crippen molar-refractivity contribution in [3.63, 3.8) is 0 Å². The second-order valence-electron chi connectivity index (χ2n) is 8.16. The largest absolute Gasteiger partial charge is 0.481 e. The van der Waals surface area contributed by atoms with E-state index in [0.29, 0.717) is 12.8 Å². The van der Waals surface area contributed by atoms with E-state index in [2.05, 4.69) is 34.9 Å². The maximum absolute atomic E-state index is 12.4. The van der Waals surface area contributed by atoms with E-state index in [1.54, 1.807) is 6.92 Å². The highest BCUT2D eigenvalue weighted by Crippen LogP contribution is 2.44. The lowest BCUT2D eigenvalue weighted by atomic mass is 9.98. The normalized spacial score (nSPS) is 14.1. The number of hydrogen-bond acceptors (Lipinski definition) is 4. The van der Waals surface area contributed by atoms with E-state index in [1.165, 1.54) is 0 Å². The minimum atomic E-state index is -0.886. The van der Waals surface area contributed by atoms with Crippen LogP contribution in [0.1, 0.15) is 50.2 Å². The number of rotatable bonds is 10. The summed E-state index contributed by atoms with van der Waals surface area (Å²) in [5.41, 5.74) is 4.61. The molecular weight excluding hydrogens is 408 g/mol. The summed E-state index contributed by atoms with van der Waals surface area (Å²) in [6, 6.07) is 15.9. The third-order valence-corrected chi connectivity index (χ3v) is 5.91. The van der Waals surface area contributed by atoms with E-state index < -0.39 is 18.0 Å². The number of carboxylic acid groups (broad SMARTS) is 1. The molecule has 1 unspecified atom stereocenters.